The zero-order valence-corrected chi connectivity index (χ0v) is 16.7. The van der Waals surface area contributed by atoms with Crippen molar-refractivity contribution in [2.75, 3.05) is 36.4 Å². The Balaban J connectivity index is 1.49. The van der Waals surface area contributed by atoms with E-state index in [4.69, 9.17) is 0 Å². The summed E-state index contributed by atoms with van der Waals surface area (Å²) in [6, 6.07) is 6.49. The molecule has 2 aliphatic rings. The van der Waals surface area contributed by atoms with Crippen molar-refractivity contribution in [2.45, 2.75) is 12.3 Å². The highest BCUT2D eigenvalue weighted by molar-refractivity contribution is 6.04. The van der Waals surface area contributed by atoms with Crippen molar-refractivity contribution in [1.29, 1.82) is 0 Å². The molecule has 2 aromatic rings. The lowest BCUT2D eigenvalue weighted by Crippen LogP contribution is -2.49. The minimum Gasteiger partial charge on any atom is -0.366 e. The van der Waals surface area contributed by atoms with Crippen molar-refractivity contribution in [3.05, 3.63) is 56.5 Å². The topological polar surface area (TPSA) is 96.7 Å². The number of nitrogens with zero attached hydrogens (tertiary/aromatic N) is 4. The number of rotatable bonds is 3. The summed E-state index contributed by atoms with van der Waals surface area (Å²) in [6.45, 7) is 1.71. The minimum absolute atomic E-state index is 0.142. The molecule has 1 N–H and O–H groups in total. The number of fused-ring (bicyclic) bond motifs is 1. The maximum absolute atomic E-state index is 14.0. The second kappa shape index (κ2) is 7.43. The monoisotopic (exact) mass is 415 g/mol. The standard InChI is InChI=1S/C20H22FN5O4/c1-23-17-16(19(29)24(2)20(23)30)12(18(28)22-17)11-15(27)26-9-7-25(8-10-26)14-6-4-3-5-13(14)21/h3-6,12H,7-11H2,1-2H3,(H,22,28)/t12-/m0/s1. The normalized spacial score (nSPS) is 18.4. The molecule has 30 heavy (non-hydrogen) atoms. The number of aromatic nitrogens is 2. The molecule has 0 radical (unpaired) electrons. The van der Waals surface area contributed by atoms with Crippen LogP contribution in [0.3, 0.4) is 0 Å². The van der Waals surface area contributed by atoms with Crippen molar-refractivity contribution in [3.8, 4) is 0 Å². The molecule has 1 fully saturated rings. The van der Waals surface area contributed by atoms with Gasteiger partial charge in [0.15, 0.2) is 0 Å². The van der Waals surface area contributed by atoms with Crippen LogP contribution in [-0.2, 0) is 23.7 Å². The molecule has 1 aromatic heterocycles. The number of nitrogens with one attached hydrogen (secondary N) is 1. The first-order valence-electron chi connectivity index (χ1n) is 9.67. The number of hydrogen-bond acceptors (Lipinski definition) is 5. The first-order valence-corrected chi connectivity index (χ1v) is 9.67. The van der Waals surface area contributed by atoms with Gasteiger partial charge in [0, 0.05) is 46.7 Å². The second-order valence-corrected chi connectivity index (χ2v) is 7.53. The highest BCUT2D eigenvalue weighted by atomic mass is 19.1. The SMILES string of the molecule is Cn1c2c(c(=O)n(C)c1=O)[C@H](CC(=O)N1CCN(c3ccccc3F)CC1)C(=O)N2. The molecular formula is C20H22FN5O4. The molecule has 2 amide bonds. The van der Waals surface area contributed by atoms with E-state index < -0.39 is 23.1 Å². The number of amides is 2. The summed E-state index contributed by atoms with van der Waals surface area (Å²) in [7, 11) is 2.81. The zero-order chi connectivity index (χ0) is 21.6. The largest absolute Gasteiger partial charge is 0.366 e. The van der Waals surface area contributed by atoms with Crippen LogP contribution < -0.4 is 21.5 Å². The van der Waals surface area contributed by atoms with Gasteiger partial charge in [-0.05, 0) is 12.1 Å². The lowest BCUT2D eigenvalue weighted by atomic mass is 9.98. The van der Waals surface area contributed by atoms with Gasteiger partial charge in [0.2, 0.25) is 11.8 Å². The van der Waals surface area contributed by atoms with Gasteiger partial charge >= 0.3 is 5.69 Å². The highest BCUT2D eigenvalue weighted by Gasteiger charge is 2.38. The van der Waals surface area contributed by atoms with Crippen LogP contribution in [0.5, 0.6) is 0 Å². The summed E-state index contributed by atoms with van der Waals surface area (Å²) in [5.41, 5.74) is -0.482. The number of hydrogen-bond donors (Lipinski definition) is 1. The summed E-state index contributed by atoms with van der Waals surface area (Å²) >= 11 is 0. The third-order valence-corrected chi connectivity index (χ3v) is 5.81. The van der Waals surface area contributed by atoms with Crippen LogP contribution in [0, 0.1) is 5.82 Å². The molecule has 0 unspecified atom stereocenters. The predicted molar refractivity (Wildman–Crippen MR) is 108 cm³/mol. The van der Waals surface area contributed by atoms with Gasteiger partial charge in [-0.1, -0.05) is 12.1 Å². The quantitative estimate of drug-likeness (QED) is 0.761. The molecule has 158 valence electrons. The predicted octanol–water partition coefficient (Wildman–Crippen LogP) is -0.00230. The van der Waals surface area contributed by atoms with Crippen LogP contribution >= 0.6 is 0 Å². The molecule has 0 bridgehead atoms. The van der Waals surface area contributed by atoms with E-state index >= 15 is 0 Å². The fourth-order valence-corrected chi connectivity index (χ4v) is 4.07. The molecule has 1 atom stereocenters. The van der Waals surface area contributed by atoms with Crippen LogP contribution in [0.25, 0.3) is 0 Å². The molecular weight excluding hydrogens is 393 g/mol. The Labute approximate surface area is 171 Å². The van der Waals surface area contributed by atoms with Crippen LogP contribution in [0.2, 0.25) is 0 Å². The third kappa shape index (κ3) is 3.17. The average Bonchev–Trinajstić information content (AvgIpc) is 3.07. The number of halogens is 1. The maximum atomic E-state index is 14.0. The van der Waals surface area contributed by atoms with E-state index in [9.17, 15) is 23.6 Å². The number of para-hydroxylation sites is 1. The first-order chi connectivity index (χ1) is 14.3. The molecule has 4 rings (SSSR count). The van der Waals surface area contributed by atoms with Gasteiger partial charge in [-0.3, -0.25) is 23.5 Å². The van der Waals surface area contributed by atoms with Crippen LogP contribution in [0.1, 0.15) is 17.9 Å². The molecule has 0 saturated carbocycles. The summed E-state index contributed by atoms with van der Waals surface area (Å²) in [5.74, 6) is -1.83. The van der Waals surface area contributed by atoms with Crippen LogP contribution in [0.4, 0.5) is 15.9 Å². The Morgan fingerprint density at radius 2 is 1.73 bits per heavy atom. The zero-order valence-electron chi connectivity index (χ0n) is 16.7. The van der Waals surface area contributed by atoms with Gasteiger partial charge in [0.1, 0.15) is 11.6 Å². The molecule has 1 saturated heterocycles. The van der Waals surface area contributed by atoms with E-state index in [1.165, 1.54) is 24.7 Å². The molecule has 9 nitrogen and oxygen atoms in total. The molecule has 1 aromatic carbocycles. The minimum atomic E-state index is -0.942. The Morgan fingerprint density at radius 1 is 1.07 bits per heavy atom. The molecule has 0 aliphatic carbocycles. The molecule has 0 spiro atoms. The van der Waals surface area contributed by atoms with Crippen molar-refractivity contribution in [1.82, 2.24) is 14.0 Å². The summed E-state index contributed by atoms with van der Waals surface area (Å²) in [6.07, 6.45) is -0.161. The maximum Gasteiger partial charge on any atom is 0.332 e. The lowest BCUT2D eigenvalue weighted by molar-refractivity contribution is -0.133. The van der Waals surface area contributed by atoms with E-state index in [1.54, 1.807) is 23.1 Å². The molecule has 10 heteroatoms. The number of carbonyl (C=O) groups excluding carboxylic acids is 2. The van der Waals surface area contributed by atoms with E-state index in [-0.39, 0.29) is 29.5 Å². The smallest absolute Gasteiger partial charge is 0.332 e. The number of piperazine rings is 1. The van der Waals surface area contributed by atoms with E-state index in [0.29, 0.717) is 31.9 Å². The summed E-state index contributed by atoms with van der Waals surface area (Å²) < 4.78 is 16.1. The Bertz CT molecular complexity index is 1150. The van der Waals surface area contributed by atoms with Crippen molar-refractivity contribution in [2.24, 2.45) is 14.1 Å². The van der Waals surface area contributed by atoms with E-state index in [2.05, 4.69) is 5.32 Å². The van der Waals surface area contributed by atoms with Gasteiger partial charge in [-0.2, -0.15) is 0 Å². The van der Waals surface area contributed by atoms with E-state index in [0.717, 1.165) is 4.57 Å². The Kier molecular flexibility index (Phi) is 4.92. The van der Waals surface area contributed by atoms with Gasteiger partial charge in [0.05, 0.1) is 17.2 Å². The lowest BCUT2D eigenvalue weighted by Gasteiger charge is -2.36. The van der Waals surface area contributed by atoms with Crippen LogP contribution in [0.15, 0.2) is 33.9 Å². The van der Waals surface area contributed by atoms with Gasteiger partial charge in [-0.15, -0.1) is 0 Å². The Morgan fingerprint density at radius 3 is 2.40 bits per heavy atom. The summed E-state index contributed by atoms with van der Waals surface area (Å²) in [5, 5.41) is 2.56. The number of benzene rings is 1. The number of carbonyl (C=O) groups is 2. The van der Waals surface area contributed by atoms with Crippen molar-refractivity contribution < 1.29 is 14.0 Å². The average molecular weight is 415 g/mol. The highest BCUT2D eigenvalue weighted by Crippen LogP contribution is 2.31. The van der Waals surface area contributed by atoms with Crippen LogP contribution in [-0.4, -0.2) is 52.0 Å². The summed E-state index contributed by atoms with van der Waals surface area (Å²) in [4.78, 5) is 53.4. The molecule has 3 heterocycles. The van der Waals surface area contributed by atoms with Gasteiger partial charge in [0.25, 0.3) is 5.56 Å². The third-order valence-electron chi connectivity index (χ3n) is 5.81. The number of anilines is 2. The molecule has 2 aliphatic heterocycles. The fourth-order valence-electron chi connectivity index (χ4n) is 4.07. The van der Waals surface area contributed by atoms with Crippen molar-refractivity contribution in [3.63, 3.8) is 0 Å². The fraction of sp³-hybridized carbons (Fsp3) is 0.400. The second-order valence-electron chi connectivity index (χ2n) is 7.53. The van der Waals surface area contributed by atoms with Gasteiger partial charge < -0.3 is 15.1 Å². The van der Waals surface area contributed by atoms with Crippen molar-refractivity contribution >= 4 is 23.3 Å². The first kappa shape index (κ1) is 19.9. The van der Waals surface area contributed by atoms with Gasteiger partial charge in [-0.25, -0.2) is 9.18 Å². The Hall–Kier alpha value is -3.43. The van der Waals surface area contributed by atoms with E-state index in [1.807, 2.05) is 4.90 Å².